The fourth-order valence-corrected chi connectivity index (χ4v) is 3.04. The third-order valence-electron chi connectivity index (χ3n) is 4.08. The van der Waals surface area contributed by atoms with Gasteiger partial charge in [0.05, 0.1) is 12.1 Å². The molecule has 1 fully saturated rings. The summed E-state index contributed by atoms with van der Waals surface area (Å²) in [6.07, 6.45) is 3.71. The van der Waals surface area contributed by atoms with Crippen LogP contribution >= 0.6 is 0 Å². The predicted molar refractivity (Wildman–Crippen MR) is 81.0 cm³/mol. The Bertz CT molecular complexity index is 569. The van der Waals surface area contributed by atoms with Gasteiger partial charge in [0, 0.05) is 12.0 Å². The molecule has 20 heavy (non-hydrogen) atoms. The van der Waals surface area contributed by atoms with Crippen LogP contribution in [0.1, 0.15) is 43.6 Å². The second-order valence-electron chi connectivity index (χ2n) is 5.62. The van der Waals surface area contributed by atoms with Gasteiger partial charge in [-0.15, -0.1) is 0 Å². The number of furan rings is 1. The van der Waals surface area contributed by atoms with Crippen LogP contribution in [-0.2, 0) is 4.74 Å². The largest absolute Gasteiger partial charge is 0.459 e. The number of nitrogens with one attached hydrogen (secondary N) is 1. The molecule has 1 aromatic carbocycles. The molecule has 0 spiro atoms. The second kappa shape index (κ2) is 5.98. The molecule has 1 N–H and O–H groups in total. The highest BCUT2D eigenvalue weighted by Crippen LogP contribution is 2.30. The first-order valence-corrected chi connectivity index (χ1v) is 7.62. The van der Waals surface area contributed by atoms with Crippen molar-refractivity contribution in [2.24, 2.45) is 0 Å². The van der Waals surface area contributed by atoms with Crippen molar-refractivity contribution in [3.8, 4) is 0 Å². The van der Waals surface area contributed by atoms with Crippen LogP contribution in [0.2, 0.25) is 0 Å². The molecule has 108 valence electrons. The molecule has 0 amide bonds. The molecule has 0 aliphatic carbocycles. The van der Waals surface area contributed by atoms with Gasteiger partial charge in [-0.1, -0.05) is 25.1 Å². The molecule has 2 atom stereocenters. The average molecular weight is 273 g/mol. The van der Waals surface area contributed by atoms with Gasteiger partial charge in [0.15, 0.2) is 0 Å². The van der Waals surface area contributed by atoms with Crippen molar-refractivity contribution >= 4 is 11.0 Å². The van der Waals surface area contributed by atoms with E-state index in [4.69, 9.17) is 9.15 Å². The summed E-state index contributed by atoms with van der Waals surface area (Å²) < 4.78 is 11.9. The van der Waals surface area contributed by atoms with Crippen molar-refractivity contribution in [3.63, 3.8) is 0 Å². The van der Waals surface area contributed by atoms with Crippen molar-refractivity contribution in [1.29, 1.82) is 0 Å². The molecule has 3 nitrogen and oxygen atoms in total. The van der Waals surface area contributed by atoms with E-state index in [1.807, 2.05) is 0 Å². The van der Waals surface area contributed by atoms with Crippen LogP contribution in [0.15, 0.2) is 28.7 Å². The van der Waals surface area contributed by atoms with Crippen molar-refractivity contribution in [2.45, 2.75) is 45.3 Å². The summed E-state index contributed by atoms with van der Waals surface area (Å²) in [6, 6.07) is 8.71. The zero-order chi connectivity index (χ0) is 13.9. The van der Waals surface area contributed by atoms with E-state index in [1.165, 1.54) is 23.8 Å². The Morgan fingerprint density at radius 2 is 2.30 bits per heavy atom. The molecule has 0 radical (unpaired) electrons. The summed E-state index contributed by atoms with van der Waals surface area (Å²) in [5, 5.41) is 4.72. The van der Waals surface area contributed by atoms with Gasteiger partial charge in [0.25, 0.3) is 0 Å². The van der Waals surface area contributed by atoms with Gasteiger partial charge in [-0.05, 0) is 44.4 Å². The Kier molecular flexibility index (Phi) is 4.08. The maximum absolute atomic E-state index is 6.11. The third kappa shape index (κ3) is 2.74. The number of rotatable bonds is 5. The van der Waals surface area contributed by atoms with Crippen LogP contribution in [-0.4, -0.2) is 19.3 Å². The fourth-order valence-electron chi connectivity index (χ4n) is 3.04. The lowest BCUT2D eigenvalue weighted by Gasteiger charge is -2.19. The molecule has 3 rings (SSSR count). The topological polar surface area (TPSA) is 34.4 Å². The molecular weight excluding hydrogens is 250 g/mol. The number of hydrogen-bond donors (Lipinski definition) is 1. The van der Waals surface area contributed by atoms with Gasteiger partial charge in [-0.3, -0.25) is 0 Å². The van der Waals surface area contributed by atoms with E-state index in [-0.39, 0.29) is 6.04 Å². The lowest BCUT2D eigenvalue weighted by atomic mass is 10.0. The molecule has 1 aliphatic heterocycles. The first-order valence-electron chi connectivity index (χ1n) is 7.62. The van der Waals surface area contributed by atoms with Crippen LogP contribution in [0, 0.1) is 6.92 Å². The number of benzene rings is 1. The Morgan fingerprint density at radius 1 is 1.40 bits per heavy atom. The highest BCUT2D eigenvalue weighted by atomic mass is 16.5. The maximum atomic E-state index is 6.11. The molecular formula is C17H23NO2. The Hall–Kier alpha value is -1.32. The SMILES string of the molecule is CCNC(CC1CCCO1)c1cc2cccc(C)c2o1. The number of para-hydroxylation sites is 1. The van der Waals surface area contributed by atoms with Crippen molar-refractivity contribution in [1.82, 2.24) is 5.32 Å². The standard InChI is InChI=1S/C17H23NO2/c1-3-18-15(11-14-8-5-9-19-14)16-10-13-7-4-6-12(2)17(13)20-16/h4,6-7,10,14-15,18H,3,5,8-9,11H2,1-2H3. The maximum Gasteiger partial charge on any atom is 0.137 e. The van der Waals surface area contributed by atoms with Gasteiger partial charge in [0.1, 0.15) is 11.3 Å². The highest BCUT2D eigenvalue weighted by Gasteiger charge is 2.24. The lowest BCUT2D eigenvalue weighted by molar-refractivity contribution is 0.0924. The zero-order valence-corrected chi connectivity index (χ0v) is 12.3. The van der Waals surface area contributed by atoms with Gasteiger partial charge >= 0.3 is 0 Å². The van der Waals surface area contributed by atoms with Crippen molar-refractivity contribution in [3.05, 3.63) is 35.6 Å². The van der Waals surface area contributed by atoms with Gasteiger partial charge in [-0.2, -0.15) is 0 Å². The molecule has 0 saturated carbocycles. The number of hydrogen-bond acceptors (Lipinski definition) is 3. The van der Waals surface area contributed by atoms with Gasteiger partial charge in [0.2, 0.25) is 0 Å². The second-order valence-corrected chi connectivity index (χ2v) is 5.62. The molecule has 1 saturated heterocycles. The third-order valence-corrected chi connectivity index (χ3v) is 4.08. The minimum Gasteiger partial charge on any atom is -0.459 e. The van der Waals surface area contributed by atoms with E-state index in [2.05, 4.69) is 43.4 Å². The predicted octanol–water partition coefficient (Wildman–Crippen LogP) is 3.96. The molecule has 1 aromatic heterocycles. The average Bonchev–Trinajstić information content (AvgIpc) is 3.07. The minimum atomic E-state index is 0.245. The molecule has 2 unspecified atom stereocenters. The van der Waals surface area contributed by atoms with E-state index >= 15 is 0 Å². The Balaban J connectivity index is 1.86. The summed E-state index contributed by atoms with van der Waals surface area (Å²) in [5.74, 6) is 1.03. The quantitative estimate of drug-likeness (QED) is 0.895. The Labute approximate surface area is 120 Å². The van der Waals surface area contributed by atoms with E-state index < -0.39 is 0 Å². The van der Waals surface area contributed by atoms with Crippen LogP contribution in [0.4, 0.5) is 0 Å². The monoisotopic (exact) mass is 273 g/mol. The molecule has 0 bridgehead atoms. The first-order chi connectivity index (χ1) is 9.78. The molecule has 2 heterocycles. The molecule has 2 aromatic rings. The van der Waals surface area contributed by atoms with Crippen LogP contribution in [0.25, 0.3) is 11.0 Å². The normalized spacial score (nSPS) is 20.6. The molecule has 1 aliphatic rings. The number of ether oxygens (including phenoxy) is 1. The van der Waals surface area contributed by atoms with Crippen LogP contribution in [0.3, 0.4) is 0 Å². The minimum absolute atomic E-state index is 0.245. The van der Waals surface area contributed by atoms with E-state index in [1.54, 1.807) is 0 Å². The van der Waals surface area contributed by atoms with Crippen LogP contribution < -0.4 is 5.32 Å². The van der Waals surface area contributed by atoms with Crippen molar-refractivity contribution in [2.75, 3.05) is 13.2 Å². The van der Waals surface area contributed by atoms with E-state index in [0.29, 0.717) is 6.10 Å². The molecule has 3 heteroatoms. The van der Waals surface area contributed by atoms with E-state index in [9.17, 15) is 0 Å². The summed E-state index contributed by atoms with van der Waals surface area (Å²) in [4.78, 5) is 0. The lowest BCUT2D eigenvalue weighted by Crippen LogP contribution is -2.24. The first kappa shape index (κ1) is 13.7. The number of aryl methyl sites for hydroxylation is 1. The highest BCUT2D eigenvalue weighted by molar-refractivity contribution is 5.81. The smallest absolute Gasteiger partial charge is 0.137 e. The summed E-state index contributed by atoms with van der Waals surface area (Å²) in [7, 11) is 0. The summed E-state index contributed by atoms with van der Waals surface area (Å²) >= 11 is 0. The fraction of sp³-hybridized carbons (Fsp3) is 0.529. The summed E-state index contributed by atoms with van der Waals surface area (Å²) in [5.41, 5.74) is 2.21. The summed E-state index contributed by atoms with van der Waals surface area (Å²) in [6.45, 7) is 6.07. The number of fused-ring (bicyclic) bond motifs is 1. The van der Waals surface area contributed by atoms with E-state index in [0.717, 1.165) is 30.9 Å². The zero-order valence-electron chi connectivity index (χ0n) is 12.3. The van der Waals surface area contributed by atoms with Crippen LogP contribution in [0.5, 0.6) is 0 Å². The van der Waals surface area contributed by atoms with Gasteiger partial charge < -0.3 is 14.5 Å². The van der Waals surface area contributed by atoms with Crippen molar-refractivity contribution < 1.29 is 9.15 Å². The Morgan fingerprint density at radius 3 is 3.00 bits per heavy atom. The van der Waals surface area contributed by atoms with Gasteiger partial charge in [-0.25, -0.2) is 0 Å².